The fraction of sp³-hybridized carbons (Fsp3) is 0.500. The molecule has 0 radical (unpaired) electrons. The van der Waals surface area contributed by atoms with Gasteiger partial charge in [-0.3, -0.25) is 0 Å². The summed E-state index contributed by atoms with van der Waals surface area (Å²) in [5.41, 5.74) is 0. The molecule has 0 heterocycles. The normalized spacial score (nSPS) is 20.8. The second-order valence-corrected chi connectivity index (χ2v) is 7.99. The van der Waals surface area contributed by atoms with Crippen LogP contribution < -0.4 is 4.74 Å². The van der Waals surface area contributed by atoms with Crippen LogP contribution in [-0.4, -0.2) is 0 Å². The van der Waals surface area contributed by atoms with Crippen molar-refractivity contribution in [3.8, 4) is 5.75 Å². The maximum Gasteiger partial charge on any atom is 0.141 e. The molecule has 0 bridgehead atoms. The van der Waals surface area contributed by atoms with Gasteiger partial charge in [0.2, 0.25) is 0 Å². The number of ether oxygens (including phenoxy) is 1. The lowest BCUT2D eigenvalue weighted by molar-refractivity contribution is 0.246. The van der Waals surface area contributed by atoms with Crippen LogP contribution in [-0.2, 0) is 0 Å². The minimum absolute atomic E-state index is 0.0461. The quantitative estimate of drug-likeness (QED) is 0.516. The zero-order chi connectivity index (χ0) is 17.8. The molecule has 2 aliphatic carbocycles. The molecule has 0 aromatic heterocycles. The smallest absolute Gasteiger partial charge is 0.141 e. The highest BCUT2D eigenvalue weighted by Gasteiger charge is 2.28. The average molecular weight is 352 g/mol. The zero-order valence-electron chi connectivity index (χ0n) is 15.6. The predicted molar refractivity (Wildman–Crippen MR) is 106 cm³/mol. The van der Waals surface area contributed by atoms with Gasteiger partial charge < -0.3 is 4.74 Å². The molecule has 1 nitrogen and oxygen atoms in total. The van der Waals surface area contributed by atoms with E-state index in [-0.39, 0.29) is 17.7 Å². The van der Waals surface area contributed by atoms with E-state index in [1.807, 2.05) is 24.3 Å². The summed E-state index contributed by atoms with van der Waals surface area (Å²) >= 11 is 0. The maximum absolute atomic E-state index is 15.5. The van der Waals surface area contributed by atoms with E-state index in [1.165, 1.54) is 31.1 Å². The van der Waals surface area contributed by atoms with Gasteiger partial charge in [0.05, 0.1) is 0 Å². The van der Waals surface area contributed by atoms with Gasteiger partial charge >= 0.3 is 0 Å². The Morgan fingerprint density at radius 3 is 2.04 bits per heavy atom. The molecular weight excluding hydrogens is 323 g/mol. The Balaban J connectivity index is 1.64. The summed E-state index contributed by atoms with van der Waals surface area (Å²) in [4.78, 5) is 0. The average Bonchev–Trinajstić information content (AvgIpc) is 2.73. The van der Waals surface area contributed by atoms with Crippen LogP contribution >= 0.6 is 0 Å². The highest BCUT2D eigenvalue weighted by molar-refractivity contribution is 5.83. The van der Waals surface area contributed by atoms with E-state index in [0.717, 1.165) is 49.7 Å². The molecule has 2 fully saturated rings. The van der Waals surface area contributed by atoms with Crippen molar-refractivity contribution in [3.63, 3.8) is 0 Å². The molecule has 0 N–H and O–H groups in total. The van der Waals surface area contributed by atoms with E-state index in [1.54, 1.807) is 0 Å². The summed E-state index contributed by atoms with van der Waals surface area (Å²) in [5, 5.41) is 2.34. The van der Waals surface area contributed by atoms with Crippen molar-refractivity contribution in [1.82, 2.24) is 0 Å². The number of halogens is 1. The van der Waals surface area contributed by atoms with Crippen molar-refractivity contribution in [3.05, 3.63) is 54.1 Å². The first-order valence-electron chi connectivity index (χ1n) is 10.4. The topological polar surface area (TPSA) is 9.23 Å². The van der Waals surface area contributed by atoms with E-state index < -0.39 is 0 Å². The first kappa shape index (κ1) is 17.6. The Morgan fingerprint density at radius 1 is 0.731 bits per heavy atom. The third-order valence-electron chi connectivity index (χ3n) is 6.12. The largest absolute Gasteiger partial charge is 0.459 e. The molecule has 0 spiro atoms. The van der Waals surface area contributed by atoms with Gasteiger partial charge in [-0.2, -0.15) is 0 Å². The van der Waals surface area contributed by atoms with Crippen molar-refractivity contribution in [2.24, 2.45) is 11.8 Å². The van der Waals surface area contributed by atoms with E-state index >= 15 is 4.39 Å². The maximum atomic E-state index is 15.5. The molecule has 138 valence electrons. The molecule has 0 unspecified atom stereocenters. The summed E-state index contributed by atoms with van der Waals surface area (Å²) in [6.45, 7) is 0. The van der Waals surface area contributed by atoms with Gasteiger partial charge in [0.25, 0.3) is 0 Å². The minimum Gasteiger partial charge on any atom is -0.459 e. The van der Waals surface area contributed by atoms with E-state index in [0.29, 0.717) is 5.76 Å². The van der Waals surface area contributed by atoms with Gasteiger partial charge in [0, 0.05) is 11.8 Å². The van der Waals surface area contributed by atoms with Gasteiger partial charge in [-0.25, -0.2) is 4.39 Å². The molecule has 0 aliphatic heterocycles. The number of fused-ring (bicyclic) bond motifs is 1. The minimum atomic E-state index is 0.0461. The molecule has 0 amide bonds. The summed E-state index contributed by atoms with van der Waals surface area (Å²) in [6, 6.07) is 14.4. The number of rotatable bonds is 4. The molecule has 2 aliphatic rings. The fourth-order valence-electron chi connectivity index (χ4n) is 4.61. The van der Waals surface area contributed by atoms with Crippen molar-refractivity contribution in [2.45, 2.75) is 64.2 Å². The Morgan fingerprint density at radius 2 is 1.35 bits per heavy atom. The SMILES string of the molecule is F/C(=C(/Oc1ccc2ccccc2c1)C1CCCCC1)C1CCCCC1. The van der Waals surface area contributed by atoms with E-state index in [9.17, 15) is 0 Å². The Kier molecular flexibility index (Phi) is 5.57. The third-order valence-corrected chi connectivity index (χ3v) is 6.12. The van der Waals surface area contributed by atoms with Gasteiger partial charge in [-0.05, 0) is 48.6 Å². The lowest BCUT2D eigenvalue weighted by atomic mass is 9.83. The van der Waals surface area contributed by atoms with Crippen LogP contribution in [0.2, 0.25) is 0 Å². The fourth-order valence-corrected chi connectivity index (χ4v) is 4.61. The lowest BCUT2D eigenvalue weighted by Crippen LogP contribution is -2.19. The van der Waals surface area contributed by atoms with Gasteiger partial charge in [-0.1, -0.05) is 68.9 Å². The predicted octanol–water partition coefficient (Wildman–Crippen LogP) is 7.56. The molecular formula is C24H29FO. The Hall–Kier alpha value is -1.83. The van der Waals surface area contributed by atoms with Crippen LogP contribution in [0, 0.1) is 11.8 Å². The van der Waals surface area contributed by atoms with Crippen LogP contribution in [0.15, 0.2) is 54.1 Å². The molecule has 4 rings (SSSR count). The van der Waals surface area contributed by atoms with Crippen molar-refractivity contribution < 1.29 is 9.13 Å². The van der Waals surface area contributed by atoms with Crippen LogP contribution in [0.3, 0.4) is 0 Å². The monoisotopic (exact) mass is 352 g/mol. The second kappa shape index (κ2) is 8.24. The standard InChI is InChI=1S/C24H29FO/c25-23(19-10-3-1-4-11-19)24(20-12-5-2-6-13-20)26-22-16-15-18-9-7-8-14-21(18)17-22/h7-9,14-17,19-20H,1-6,10-13H2/b24-23+. The summed E-state index contributed by atoms with van der Waals surface area (Å²) < 4.78 is 21.8. The van der Waals surface area contributed by atoms with Crippen LogP contribution in [0.4, 0.5) is 4.39 Å². The first-order valence-corrected chi connectivity index (χ1v) is 10.4. The van der Waals surface area contributed by atoms with Crippen molar-refractivity contribution >= 4 is 10.8 Å². The van der Waals surface area contributed by atoms with Crippen LogP contribution in [0.1, 0.15) is 64.2 Å². The Labute approximate surface area is 156 Å². The van der Waals surface area contributed by atoms with Gasteiger partial charge in [0.1, 0.15) is 17.3 Å². The second-order valence-electron chi connectivity index (χ2n) is 7.99. The van der Waals surface area contributed by atoms with Crippen molar-refractivity contribution in [2.75, 3.05) is 0 Å². The number of hydrogen-bond donors (Lipinski definition) is 0. The van der Waals surface area contributed by atoms with Gasteiger partial charge in [0.15, 0.2) is 0 Å². The number of benzene rings is 2. The lowest BCUT2D eigenvalue weighted by Gasteiger charge is -2.28. The molecule has 0 saturated heterocycles. The Bertz CT molecular complexity index is 767. The highest BCUT2D eigenvalue weighted by Crippen LogP contribution is 2.39. The van der Waals surface area contributed by atoms with E-state index in [4.69, 9.17) is 4.74 Å². The van der Waals surface area contributed by atoms with Crippen LogP contribution in [0.5, 0.6) is 5.75 Å². The third kappa shape index (κ3) is 3.95. The molecule has 2 aromatic rings. The van der Waals surface area contributed by atoms with Gasteiger partial charge in [-0.15, -0.1) is 0 Å². The van der Waals surface area contributed by atoms with Crippen LogP contribution in [0.25, 0.3) is 10.8 Å². The molecule has 0 atom stereocenters. The molecule has 2 saturated carbocycles. The molecule has 2 aromatic carbocycles. The van der Waals surface area contributed by atoms with E-state index in [2.05, 4.69) is 18.2 Å². The number of allylic oxidation sites excluding steroid dienone is 2. The number of hydrogen-bond acceptors (Lipinski definition) is 1. The van der Waals surface area contributed by atoms with Crippen molar-refractivity contribution in [1.29, 1.82) is 0 Å². The zero-order valence-corrected chi connectivity index (χ0v) is 15.6. The summed E-state index contributed by atoms with van der Waals surface area (Å²) in [6.07, 6.45) is 11.2. The molecule has 26 heavy (non-hydrogen) atoms. The summed E-state index contributed by atoms with van der Waals surface area (Å²) in [7, 11) is 0. The first-order chi connectivity index (χ1) is 12.8. The highest BCUT2D eigenvalue weighted by atomic mass is 19.1. The summed E-state index contributed by atoms with van der Waals surface area (Å²) in [5.74, 6) is 1.78. The molecule has 2 heteroatoms.